The summed E-state index contributed by atoms with van der Waals surface area (Å²) in [5.74, 6) is -0.556. The van der Waals surface area contributed by atoms with Gasteiger partial charge in [0.2, 0.25) is 0 Å². The third-order valence-corrected chi connectivity index (χ3v) is 3.18. The normalized spacial score (nSPS) is 15.1. The Balaban J connectivity index is 4.02. The maximum Gasteiger partial charge on any atom is 0.355 e. The molecule has 0 aromatic heterocycles. The predicted octanol–water partition coefficient (Wildman–Crippen LogP) is 4.91. The van der Waals surface area contributed by atoms with E-state index in [1.165, 1.54) is 0 Å². The summed E-state index contributed by atoms with van der Waals surface area (Å²) in [5, 5.41) is 0. The van der Waals surface area contributed by atoms with Crippen molar-refractivity contribution in [2.24, 2.45) is 22.7 Å². The highest BCUT2D eigenvalue weighted by atomic mass is 17.2. The van der Waals surface area contributed by atoms with Crippen LogP contribution in [0.4, 0.5) is 0 Å². The van der Waals surface area contributed by atoms with Gasteiger partial charge in [0, 0.05) is 0 Å². The van der Waals surface area contributed by atoms with Gasteiger partial charge in [-0.3, -0.25) is 0 Å². The average Bonchev–Trinajstić information content (AvgIpc) is 2.20. The van der Waals surface area contributed by atoms with Crippen LogP contribution in [0.15, 0.2) is 0 Å². The summed E-state index contributed by atoms with van der Waals surface area (Å²) < 4.78 is 0. The Bertz CT molecular complexity index is 324. The number of hydrogen-bond acceptors (Lipinski definition) is 4. The second-order valence-corrected chi connectivity index (χ2v) is 9.06. The fourth-order valence-corrected chi connectivity index (χ4v) is 2.97. The monoisotopic (exact) mass is 314 g/mol. The highest BCUT2D eigenvalue weighted by Crippen LogP contribution is 2.27. The number of carbonyl (C=O) groups excluding carboxylic acids is 2. The Morgan fingerprint density at radius 3 is 1.23 bits per heavy atom. The van der Waals surface area contributed by atoms with Crippen molar-refractivity contribution in [3.8, 4) is 0 Å². The van der Waals surface area contributed by atoms with E-state index in [-0.39, 0.29) is 35.5 Å². The van der Waals surface area contributed by atoms with Crippen molar-refractivity contribution in [1.82, 2.24) is 0 Å². The van der Waals surface area contributed by atoms with E-state index in [0.29, 0.717) is 0 Å². The first-order valence-corrected chi connectivity index (χ1v) is 8.19. The van der Waals surface area contributed by atoms with Crippen LogP contribution in [0.2, 0.25) is 0 Å². The van der Waals surface area contributed by atoms with Gasteiger partial charge in [-0.25, -0.2) is 19.4 Å². The summed E-state index contributed by atoms with van der Waals surface area (Å²) >= 11 is 0. The molecular formula is C18H34O4. The summed E-state index contributed by atoms with van der Waals surface area (Å²) in [6.45, 7) is 16.8. The highest BCUT2D eigenvalue weighted by Gasteiger charge is 2.21. The predicted molar refractivity (Wildman–Crippen MR) is 87.9 cm³/mol. The van der Waals surface area contributed by atoms with E-state index in [1.54, 1.807) is 0 Å². The second kappa shape index (κ2) is 8.54. The highest BCUT2D eigenvalue weighted by molar-refractivity contribution is 5.73. The van der Waals surface area contributed by atoms with Crippen LogP contribution in [0.3, 0.4) is 0 Å². The molecule has 130 valence electrons. The standard InChI is InChI=1S/C18H34O4/c1-13(11-17(3,4)5)9-15(19)21-22-16(20)10-14(2)12-18(6,7)8/h13-14H,9-12H2,1-8H3/t13-,14-/m1/s1. The van der Waals surface area contributed by atoms with Crippen LogP contribution in [-0.4, -0.2) is 11.9 Å². The van der Waals surface area contributed by atoms with E-state index in [4.69, 9.17) is 0 Å². The summed E-state index contributed by atoms with van der Waals surface area (Å²) in [7, 11) is 0. The molecule has 0 aliphatic carbocycles. The number of carbonyl (C=O) groups is 2. The minimum absolute atomic E-state index is 0.165. The minimum Gasteiger partial charge on any atom is -0.247 e. The smallest absolute Gasteiger partial charge is 0.247 e. The maximum atomic E-state index is 11.7. The van der Waals surface area contributed by atoms with Crippen molar-refractivity contribution in [2.75, 3.05) is 0 Å². The molecule has 0 amide bonds. The van der Waals surface area contributed by atoms with Gasteiger partial charge in [-0.15, -0.1) is 0 Å². The lowest BCUT2D eigenvalue weighted by Crippen LogP contribution is -2.19. The fourth-order valence-electron chi connectivity index (χ4n) is 2.97. The SMILES string of the molecule is C[C@H](CC(=O)OOC(=O)C[C@@H](C)CC(C)(C)C)CC(C)(C)C. The number of hydrogen-bond donors (Lipinski definition) is 0. The van der Waals surface area contributed by atoms with Crippen LogP contribution in [0.25, 0.3) is 0 Å². The van der Waals surface area contributed by atoms with Gasteiger partial charge in [0.05, 0.1) is 12.8 Å². The molecule has 0 radical (unpaired) electrons. The molecule has 0 fully saturated rings. The lowest BCUT2D eigenvalue weighted by molar-refractivity contribution is -0.260. The molecule has 0 saturated heterocycles. The van der Waals surface area contributed by atoms with E-state index in [9.17, 15) is 9.59 Å². The second-order valence-electron chi connectivity index (χ2n) is 9.06. The van der Waals surface area contributed by atoms with E-state index in [0.717, 1.165) is 12.8 Å². The molecule has 0 spiro atoms. The van der Waals surface area contributed by atoms with Crippen molar-refractivity contribution in [3.63, 3.8) is 0 Å². The zero-order valence-corrected chi connectivity index (χ0v) is 15.6. The van der Waals surface area contributed by atoms with Crippen molar-refractivity contribution in [2.45, 2.75) is 81.1 Å². The molecule has 0 bridgehead atoms. The molecule has 4 heteroatoms. The molecule has 0 aliphatic rings. The van der Waals surface area contributed by atoms with E-state index in [2.05, 4.69) is 51.3 Å². The van der Waals surface area contributed by atoms with Crippen molar-refractivity contribution < 1.29 is 19.4 Å². The summed E-state index contributed by atoms with van der Waals surface area (Å²) in [6.07, 6.45) is 2.36. The third-order valence-electron chi connectivity index (χ3n) is 3.18. The lowest BCUT2D eigenvalue weighted by atomic mass is 9.84. The van der Waals surface area contributed by atoms with Crippen LogP contribution < -0.4 is 0 Å². The molecule has 0 aromatic rings. The molecule has 0 heterocycles. The molecule has 0 unspecified atom stereocenters. The first kappa shape index (κ1) is 20.9. The molecule has 0 saturated carbocycles. The van der Waals surface area contributed by atoms with Gasteiger partial charge in [0.15, 0.2) is 0 Å². The van der Waals surface area contributed by atoms with Gasteiger partial charge < -0.3 is 0 Å². The Labute approximate surface area is 135 Å². The van der Waals surface area contributed by atoms with Crippen molar-refractivity contribution in [3.05, 3.63) is 0 Å². The van der Waals surface area contributed by atoms with E-state index >= 15 is 0 Å². The lowest BCUT2D eigenvalue weighted by Gasteiger charge is -2.22. The minimum atomic E-state index is -0.478. The van der Waals surface area contributed by atoms with Crippen molar-refractivity contribution in [1.29, 1.82) is 0 Å². The number of rotatable bonds is 6. The molecule has 0 aromatic carbocycles. The molecule has 2 atom stereocenters. The Hall–Kier alpha value is -1.06. The maximum absolute atomic E-state index is 11.7. The van der Waals surface area contributed by atoms with Gasteiger partial charge in [0.25, 0.3) is 0 Å². The average molecular weight is 314 g/mol. The van der Waals surface area contributed by atoms with Gasteiger partial charge in [-0.05, 0) is 35.5 Å². The van der Waals surface area contributed by atoms with Crippen LogP contribution in [0, 0.1) is 22.7 Å². The van der Waals surface area contributed by atoms with Crippen LogP contribution in [0.1, 0.15) is 81.1 Å². The first-order chi connectivity index (χ1) is 9.78. The van der Waals surface area contributed by atoms with Gasteiger partial charge >= 0.3 is 11.9 Å². The molecule has 0 N–H and O–H groups in total. The molecule has 22 heavy (non-hydrogen) atoms. The van der Waals surface area contributed by atoms with Gasteiger partial charge in [0.1, 0.15) is 0 Å². The Kier molecular flexibility index (Phi) is 8.13. The topological polar surface area (TPSA) is 52.6 Å². The van der Waals surface area contributed by atoms with Crippen LogP contribution in [0.5, 0.6) is 0 Å². The molecular weight excluding hydrogens is 280 g/mol. The summed E-state index contributed by atoms with van der Waals surface area (Å²) in [5.41, 5.74) is 0.331. The van der Waals surface area contributed by atoms with E-state index < -0.39 is 11.9 Å². The fraction of sp³-hybridized carbons (Fsp3) is 0.889. The summed E-state index contributed by atoms with van der Waals surface area (Å²) in [4.78, 5) is 32.6. The first-order valence-electron chi connectivity index (χ1n) is 8.19. The van der Waals surface area contributed by atoms with E-state index in [1.807, 2.05) is 13.8 Å². The van der Waals surface area contributed by atoms with Crippen molar-refractivity contribution >= 4 is 11.9 Å². The molecule has 0 rings (SSSR count). The van der Waals surface area contributed by atoms with Crippen LogP contribution >= 0.6 is 0 Å². The van der Waals surface area contributed by atoms with Crippen LogP contribution in [-0.2, 0) is 19.4 Å². The third kappa shape index (κ3) is 12.7. The van der Waals surface area contributed by atoms with Gasteiger partial charge in [-0.1, -0.05) is 55.4 Å². The zero-order chi connectivity index (χ0) is 17.6. The summed E-state index contributed by atoms with van der Waals surface area (Å²) in [6, 6.07) is 0. The largest absolute Gasteiger partial charge is 0.355 e. The quantitative estimate of drug-likeness (QED) is 0.516. The Morgan fingerprint density at radius 2 is 1.00 bits per heavy atom. The zero-order valence-electron chi connectivity index (χ0n) is 15.6. The molecule has 0 aliphatic heterocycles. The van der Waals surface area contributed by atoms with Gasteiger partial charge in [-0.2, -0.15) is 0 Å². The molecule has 4 nitrogen and oxygen atoms in total. The Morgan fingerprint density at radius 1 is 0.727 bits per heavy atom.